The number of hydrogen-bond donors (Lipinski definition) is 2. The molecule has 118 valence electrons. The first-order chi connectivity index (χ1) is 11.2. The van der Waals surface area contributed by atoms with Gasteiger partial charge in [0.15, 0.2) is 0 Å². The van der Waals surface area contributed by atoms with Crippen LogP contribution in [0.5, 0.6) is 5.75 Å². The minimum atomic E-state index is -2.04. The molecule has 7 heteroatoms. The van der Waals surface area contributed by atoms with Crippen molar-refractivity contribution in [2.75, 3.05) is 7.11 Å². The fraction of sp³-hybridized carbons (Fsp3) is 0.125. The number of pyridine rings is 2. The highest BCUT2D eigenvalue weighted by Gasteiger charge is 2.07. The summed E-state index contributed by atoms with van der Waals surface area (Å²) in [4.78, 5) is 8.68. The van der Waals surface area contributed by atoms with E-state index in [1.165, 1.54) is 0 Å². The zero-order valence-corrected chi connectivity index (χ0v) is 13.2. The molecule has 3 rings (SSSR count). The third-order valence-electron chi connectivity index (χ3n) is 3.46. The zero-order chi connectivity index (χ0) is 16.2. The molecule has 1 atom stereocenters. The summed E-state index contributed by atoms with van der Waals surface area (Å²) in [5.41, 5.74) is 3.52. The Bertz CT molecular complexity index is 853. The lowest BCUT2D eigenvalue weighted by molar-refractivity contribution is 0.415. The molecule has 0 spiro atoms. The Morgan fingerprint density at radius 1 is 1.22 bits per heavy atom. The number of nitrogens with one attached hydrogen (secondary N) is 1. The van der Waals surface area contributed by atoms with Gasteiger partial charge in [-0.2, -0.15) is 0 Å². The maximum atomic E-state index is 10.6. The van der Waals surface area contributed by atoms with Crippen LogP contribution in [-0.2, 0) is 17.8 Å². The van der Waals surface area contributed by atoms with Gasteiger partial charge in [-0.05, 0) is 29.8 Å². The van der Waals surface area contributed by atoms with Crippen molar-refractivity contribution in [3.63, 3.8) is 0 Å². The second-order valence-corrected chi connectivity index (χ2v) is 5.64. The van der Waals surface area contributed by atoms with E-state index in [-0.39, 0.29) is 6.54 Å². The molecular formula is C16H15N3O3S. The van der Waals surface area contributed by atoms with E-state index in [0.29, 0.717) is 5.69 Å². The van der Waals surface area contributed by atoms with Crippen LogP contribution in [-0.4, -0.2) is 25.8 Å². The highest BCUT2D eigenvalue weighted by molar-refractivity contribution is 7.77. The van der Waals surface area contributed by atoms with E-state index >= 15 is 0 Å². The lowest BCUT2D eigenvalue weighted by Crippen LogP contribution is -2.16. The second-order valence-electron chi connectivity index (χ2n) is 4.85. The van der Waals surface area contributed by atoms with Crippen molar-refractivity contribution in [3.8, 4) is 16.9 Å². The van der Waals surface area contributed by atoms with Crippen molar-refractivity contribution < 1.29 is 13.5 Å². The predicted molar refractivity (Wildman–Crippen MR) is 89.1 cm³/mol. The van der Waals surface area contributed by atoms with E-state index < -0.39 is 11.3 Å². The topological polar surface area (TPSA) is 84.3 Å². The van der Waals surface area contributed by atoms with Gasteiger partial charge >= 0.3 is 0 Å². The molecule has 0 radical (unpaired) electrons. The minimum absolute atomic E-state index is 0.234. The summed E-state index contributed by atoms with van der Waals surface area (Å²) < 4.78 is 27.0. The molecule has 0 fully saturated rings. The molecule has 6 nitrogen and oxygen atoms in total. The molecule has 0 aliphatic rings. The molecule has 3 aromatic rings. The van der Waals surface area contributed by atoms with Crippen LogP contribution in [0.15, 0.2) is 48.8 Å². The van der Waals surface area contributed by atoms with Crippen LogP contribution >= 0.6 is 0 Å². The molecular weight excluding hydrogens is 314 g/mol. The first kappa shape index (κ1) is 15.5. The predicted octanol–water partition coefficient (Wildman–Crippen LogP) is 2.53. The fourth-order valence-corrected chi connectivity index (χ4v) is 2.60. The van der Waals surface area contributed by atoms with Crippen molar-refractivity contribution in [2.45, 2.75) is 6.54 Å². The van der Waals surface area contributed by atoms with Crippen molar-refractivity contribution in [3.05, 3.63) is 54.5 Å². The van der Waals surface area contributed by atoms with Gasteiger partial charge in [-0.3, -0.25) is 14.5 Å². The largest absolute Gasteiger partial charge is 0.497 e. The molecule has 2 heterocycles. The van der Waals surface area contributed by atoms with E-state index in [9.17, 15) is 4.21 Å². The first-order valence-electron chi connectivity index (χ1n) is 6.90. The van der Waals surface area contributed by atoms with Gasteiger partial charge in [-0.15, -0.1) is 0 Å². The van der Waals surface area contributed by atoms with E-state index in [1.807, 2.05) is 36.4 Å². The van der Waals surface area contributed by atoms with Crippen LogP contribution in [0.3, 0.4) is 0 Å². The lowest BCUT2D eigenvalue weighted by atomic mass is 10.0. The Balaban J connectivity index is 1.95. The summed E-state index contributed by atoms with van der Waals surface area (Å²) in [6, 6.07) is 11.5. The van der Waals surface area contributed by atoms with Gasteiger partial charge in [0.1, 0.15) is 5.75 Å². The molecule has 0 bridgehead atoms. The third kappa shape index (κ3) is 3.53. The Morgan fingerprint density at radius 3 is 2.78 bits per heavy atom. The van der Waals surface area contributed by atoms with Gasteiger partial charge in [-0.25, -0.2) is 8.93 Å². The molecule has 1 aromatic carbocycles. The molecule has 0 saturated carbocycles. The van der Waals surface area contributed by atoms with Gasteiger partial charge < -0.3 is 4.74 Å². The van der Waals surface area contributed by atoms with Crippen LogP contribution in [0.25, 0.3) is 22.0 Å². The average Bonchev–Trinajstić information content (AvgIpc) is 2.59. The molecule has 0 saturated heterocycles. The normalized spacial score (nSPS) is 12.3. The van der Waals surface area contributed by atoms with Gasteiger partial charge in [0, 0.05) is 29.4 Å². The summed E-state index contributed by atoms with van der Waals surface area (Å²) in [6.45, 7) is 0.234. The van der Waals surface area contributed by atoms with E-state index in [0.717, 1.165) is 27.8 Å². The molecule has 2 aromatic heterocycles. The number of hydrogen-bond acceptors (Lipinski definition) is 4. The van der Waals surface area contributed by atoms with Crippen LogP contribution in [0.4, 0.5) is 0 Å². The molecule has 23 heavy (non-hydrogen) atoms. The third-order valence-corrected chi connectivity index (χ3v) is 3.85. The minimum Gasteiger partial charge on any atom is -0.497 e. The van der Waals surface area contributed by atoms with Crippen LogP contribution in [0.1, 0.15) is 5.69 Å². The Hall–Kier alpha value is -2.35. The summed E-state index contributed by atoms with van der Waals surface area (Å²) in [5.74, 6) is 0.763. The number of benzene rings is 1. The number of nitrogens with zero attached hydrogens (tertiary/aromatic N) is 2. The Labute approximate surface area is 136 Å². The highest BCUT2D eigenvalue weighted by atomic mass is 32.2. The average molecular weight is 329 g/mol. The molecule has 2 N–H and O–H groups in total. The van der Waals surface area contributed by atoms with E-state index in [2.05, 4.69) is 14.7 Å². The summed E-state index contributed by atoms with van der Waals surface area (Å²) in [5, 5.41) is 1.01. The second kappa shape index (κ2) is 6.82. The van der Waals surface area contributed by atoms with Crippen molar-refractivity contribution >= 4 is 22.2 Å². The van der Waals surface area contributed by atoms with Gasteiger partial charge in [0.05, 0.1) is 24.9 Å². The molecule has 0 aliphatic carbocycles. The van der Waals surface area contributed by atoms with Crippen LogP contribution < -0.4 is 9.46 Å². The fourth-order valence-electron chi connectivity index (χ4n) is 2.33. The van der Waals surface area contributed by atoms with E-state index in [4.69, 9.17) is 9.29 Å². The van der Waals surface area contributed by atoms with Crippen LogP contribution in [0.2, 0.25) is 0 Å². The number of rotatable bonds is 5. The maximum Gasteiger partial charge on any atom is 0.232 e. The molecule has 1 unspecified atom stereocenters. The van der Waals surface area contributed by atoms with Crippen LogP contribution in [0, 0.1) is 0 Å². The lowest BCUT2D eigenvalue weighted by Gasteiger charge is -2.08. The maximum absolute atomic E-state index is 10.6. The Kier molecular flexibility index (Phi) is 4.61. The van der Waals surface area contributed by atoms with E-state index in [1.54, 1.807) is 19.5 Å². The quantitative estimate of drug-likeness (QED) is 0.703. The molecule has 0 amide bonds. The first-order valence-corrected chi connectivity index (χ1v) is 8.00. The zero-order valence-electron chi connectivity index (χ0n) is 12.4. The van der Waals surface area contributed by atoms with Crippen molar-refractivity contribution in [1.29, 1.82) is 0 Å². The van der Waals surface area contributed by atoms with Gasteiger partial charge in [-0.1, -0.05) is 6.07 Å². The monoisotopic (exact) mass is 329 g/mol. The van der Waals surface area contributed by atoms with Gasteiger partial charge in [0.25, 0.3) is 0 Å². The van der Waals surface area contributed by atoms with Gasteiger partial charge in [0.2, 0.25) is 11.3 Å². The standard InChI is InChI=1S/C16H15N3O3S/c1-22-13-4-5-15-14(6-7-17-16(15)8-13)11-2-3-12(18-9-11)10-19-23(20)21/h2-9,19H,10H2,1H3,(H,20,21). The molecule has 0 aliphatic heterocycles. The SMILES string of the molecule is COc1ccc2c(-c3ccc(CNS(=O)O)nc3)ccnc2c1. The highest BCUT2D eigenvalue weighted by Crippen LogP contribution is 2.29. The number of ether oxygens (including phenoxy) is 1. The summed E-state index contributed by atoms with van der Waals surface area (Å²) in [7, 11) is 1.63. The summed E-state index contributed by atoms with van der Waals surface area (Å²) in [6.07, 6.45) is 3.50. The number of fused-ring (bicyclic) bond motifs is 1. The number of methoxy groups -OCH3 is 1. The van der Waals surface area contributed by atoms with Crippen molar-refractivity contribution in [2.24, 2.45) is 0 Å². The Morgan fingerprint density at radius 2 is 2.09 bits per heavy atom. The number of aromatic nitrogens is 2. The summed E-state index contributed by atoms with van der Waals surface area (Å²) >= 11 is -2.04. The smallest absolute Gasteiger partial charge is 0.232 e. The van der Waals surface area contributed by atoms with Crippen molar-refractivity contribution in [1.82, 2.24) is 14.7 Å².